The first-order valence-corrected chi connectivity index (χ1v) is 7.74. The van der Waals surface area contributed by atoms with Gasteiger partial charge in [-0.1, -0.05) is 12.1 Å². The Morgan fingerprint density at radius 2 is 2.05 bits per heavy atom. The molecule has 1 aliphatic rings. The lowest BCUT2D eigenvalue weighted by atomic mass is 10.2. The summed E-state index contributed by atoms with van der Waals surface area (Å²) in [5, 5.41) is 12.6. The number of benzene rings is 1. The van der Waals surface area contributed by atoms with Crippen molar-refractivity contribution >= 4 is 15.7 Å². The van der Waals surface area contributed by atoms with Gasteiger partial charge in [0.2, 0.25) is 10.0 Å². The van der Waals surface area contributed by atoms with Crippen LogP contribution in [0.25, 0.3) is 0 Å². The predicted molar refractivity (Wildman–Crippen MR) is 75.2 cm³/mol. The van der Waals surface area contributed by atoms with Crippen LogP contribution < -0.4 is 0 Å². The van der Waals surface area contributed by atoms with Crippen LogP contribution in [0.2, 0.25) is 0 Å². The Hall–Kier alpha value is -1.55. The van der Waals surface area contributed by atoms with Gasteiger partial charge in [0.15, 0.2) is 4.90 Å². The van der Waals surface area contributed by atoms with Gasteiger partial charge in [0.05, 0.1) is 18.1 Å². The molecular weight excluding hydrogens is 298 g/mol. The van der Waals surface area contributed by atoms with Crippen LogP contribution in [0.15, 0.2) is 23.1 Å². The van der Waals surface area contributed by atoms with Crippen LogP contribution in [0.1, 0.15) is 5.56 Å². The van der Waals surface area contributed by atoms with Gasteiger partial charge in [0.1, 0.15) is 0 Å². The van der Waals surface area contributed by atoms with E-state index in [1.54, 1.807) is 25.1 Å². The van der Waals surface area contributed by atoms with Crippen LogP contribution in [0, 0.1) is 17.0 Å². The molecule has 1 aromatic rings. The van der Waals surface area contributed by atoms with Crippen molar-refractivity contribution in [2.24, 2.45) is 0 Å². The van der Waals surface area contributed by atoms with Crippen molar-refractivity contribution in [1.29, 1.82) is 0 Å². The van der Waals surface area contributed by atoms with Gasteiger partial charge in [-0.05, 0) is 12.5 Å². The van der Waals surface area contributed by atoms with Gasteiger partial charge in [0, 0.05) is 26.2 Å². The summed E-state index contributed by atoms with van der Waals surface area (Å²) in [6, 6.07) is 4.19. The molecule has 8 nitrogen and oxygen atoms in total. The van der Waals surface area contributed by atoms with Gasteiger partial charge in [-0.3, -0.25) is 10.1 Å². The summed E-state index contributed by atoms with van der Waals surface area (Å²) in [5.74, 6) is 0. The Bertz CT molecular complexity index is 655. The highest BCUT2D eigenvalue weighted by molar-refractivity contribution is 7.89. The third kappa shape index (κ3) is 2.77. The van der Waals surface area contributed by atoms with E-state index in [1.165, 1.54) is 23.5 Å². The molecular formula is C12H17N3O5S. The minimum atomic E-state index is -3.87. The van der Waals surface area contributed by atoms with Gasteiger partial charge in [-0.25, -0.2) is 8.42 Å². The molecule has 1 saturated heterocycles. The van der Waals surface area contributed by atoms with E-state index in [0.29, 0.717) is 5.56 Å². The van der Waals surface area contributed by atoms with Crippen LogP contribution in [-0.4, -0.2) is 56.0 Å². The molecule has 9 heteroatoms. The lowest BCUT2D eigenvalue weighted by molar-refractivity contribution is -0.388. The summed E-state index contributed by atoms with van der Waals surface area (Å²) in [5.41, 5.74) is -0.0220. The molecule has 1 aromatic carbocycles. The molecule has 0 unspecified atom stereocenters. The smallest absolute Gasteiger partial charge is 0.289 e. The monoisotopic (exact) mass is 315 g/mol. The molecule has 1 fully saturated rings. The van der Waals surface area contributed by atoms with Crippen LogP contribution in [-0.2, 0) is 14.9 Å². The van der Waals surface area contributed by atoms with Crippen molar-refractivity contribution in [2.45, 2.75) is 17.9 Å². The topological polar surface area (TPSA) is 93.0 Å². The molecule has 0 aromatic heterocycles. The Labute approximate surface area is 123 Å². The molecule has 0 atom stereocenters. The molecule has 0 spiro atoms. The van der Waals surface area contributed by atoms with E-state index in [-0.39, 0.29) is 24.0 Å². The highest BCUT2D eigenvalue weighted by atomic mass is 32.2. The zero-order valence-electron chi connectivity index (χ0n) is 12.0. The number of nitro benzene ring substituents is 1. The van der Waals surface area contributed by atoms with Crippen molar-refractivity contribution in [1.82, 2.24) is 9.37 Å². The van der Waals surface area contributed by atoms with Crippen molar-refractivity contribution < 1.29 is 18.2 Å². The Morgan fingerprint density at radius 1 is 1.43 bits per heavy atom. The van der Waals surface area contributed by atoms with Gasteiger partial charge in [-0.15, -0.1) is 0 Å². The molecule has 21 heavy (non-hydrogen) atoms. The van der Waals surface area contributed by atoms with E-state index in [0.717, 1.165) is 0 Å². The minimum Gasteiger partial charge on any atom is -0.302 e. The first-order chi connectivity index (χ1) is 9.78. The Kier molecular flexibility index (Phi) is 4.28. The number of rotatable bonds is 5. The van der Waals surface area contributed by atoms with Crippen LogP contribution in [0.5, 0.6) is 0 Å². The fourth-order valence-corrected chi connectivity index (χ4v) is 4.11. The van der Waals surface area contributed by atoms with E-state index in [9.17, 15) is 18.5 Å². The molecule has 1 aliphatic heterocycles. The maximum absolute atomic E-state index is 12.6. The van der Waals surface area contributed by atoms with Crippen LogP contribution in [0.3, 0.4) is 0 Å². The maximum Gasteiger partial charge on any atom is 0.289 e. The highest BCUT2D eigenvalue weighted by Crippen LogP contribution is 2.32. The molecule has 0 aliphatic carbocycles. The SMILES string of the molecule is CON(C)C1CN(S(=O)(=O)c2c(C)cccc2[N+](=O)[O-])C1. The zero-order chi connectivity index (χ0) is 15.8. The minimum absolute atomic E-state index is 0.0483. The largest absolute Gasteiger partial charge is 0.302 e. The second-order valence-corrected chi connectivity index (χ2v) is 6.76. The lowest BCUT2D eigenvalue weighted by Crippen LogP contribution is -2.59. The fraction of sp³-hybridized carbons (Fsp3) is 0.500. The number of hydrogen-bond donors (Lipinski definition) is 0. The van der Waals surface area contributed by atoms with E-state index in [1.807, 2.05) is 0 Å². The number of hydrogen-bond acceptors (Lipinski definition) is 6. The lowest BCUT2D eigenvalue weighted by Gasteiger charge is -2.41. The number of nitro groups is 1. The normalized spacial score (nSPS) is 17.0. The number of aryl methyl sites for hydroxylation is 1. The first kappa shape index (κ1) is 15.8. The standard InChI is InChI=1S/C12H17N3O5S/c1-9-5-4-6-11(15(16)17)12(9)21(18,19)14-7-10(8-14)13(2)20-3/h4-6,10H,7-8H2,1-3H3. The van der Waals surface area contributed by atoms with Gasteiger partial charge >= 0.3 is 0 Å². The number of likely N-dealkylation sites (N-methyl/N-ethyl adjacent to an activating group) is 1. The van der Waals surface area contributed by atoms with E-state index in [4.69, 9.17) is 4.84 Å². The molecule has 0 amide bonds. The van der Waals surface area contributed by atoms with Gasteiger partial charge in [0.25, 0.3) is 5.69 Å². The average Bonchev–Trinajstić information content (AvgIpc) is 2.35. The van der Waals surface area contributed by atoms with E-state index < -0.39 is 20.6 Å². The number of hydroxylamine groups is 2. The molecule has 0 bridgehead atoms. The second kappa shape index (κ2) is 5.68. The third-order valence-electron chi connectivity index (χ3n) is 3.62. The fourth-order valence-electron chi connectivity index (χ4n) is 2.24. The van der Waals surface area contributed by atoms with Crippen molar-refractivity contribution in [2.75, 3.05) is 27.2 Å². The summed E-state index contributed by atoms with van der Waals surface area (Å²) in [6.07, 6.45) is 0. The summed E-state index contributed by atoms with van der Waals surface area (Å²) >= 11 is 0. The molecule has 2 rings (SSSR count). The van der Waals surface area contributed by atoms with E-state index in [2.05, 4.69) is 0 Å². The number of sulfonamides is 1. The van der Waals surface area contributed by atoms with Crippen LogP contribution >= 0.6 is 0 Å². The molecule has 1 heterocycles. The highest BCUT2D eigenvalue weighted by Gasteiger charge is 2.42. The average molecular weight is 315 g/mol. The van der Waals surface area contributed by atoms with Gasteiger partial charge < -0.3 is 4.84 Å². The Balaban J connectivity index is 2.33. The van der Waals surface area contributed by atoms with Crippen molar-refractivity contribution in [3.63, 3.8) is 0 Å². The first-order valence-electron chi connectivity index (χ1n) is 6.30. The van der Waals surface area contributed by atoms with Crippen molar-refractivity contribution in [3.8, 4) is 0 Å². The van der Waals surface area contributed by atoms with Crippen LogP contribution in [0.4, 0.5) is 5.69 Å². The second-order valence-electron chi connectivity index (χ2n) is 4.88. The maximum atomic E-state index is 12.6. The Morgan fingerprint density at radius 3 is 2.57 bits per heavy atom. The third-order valence-corrected chi connectivity index (χ3v) is 5.64. The van der Waals surface area contributed by atoms with Crippen molar-refractivity contribution in [3.05, 3.63) is 33.9 Å². The van der Waals surface area contributed by atoms with Gasteiger partial charge in [-0.2, -0.15) is 9.37 Å². The molecule has 0 N–H and O–H groups in total. The van der Waals surface area contributed by atoms with E-state index >= 15 is 0 Å². The summed E-state index contributed by atoms with van der Waals surface area (Å²) in [7, 11) is -0.657. The summed E-state index contributed by atoms with van der Waals surface area (Å²) in [4.78, 5) is 15.2. The summed E-state index contributed by atoms with van der Waals surface area (Å²) in [6.45, 7) is 2.05. The number of nitrogens with zero attached hydrogens (tertiary/aromatic N) is 3. The molecule has 116 valence electrons. The quantitative estimate of drug-likeness (QED) is 0.588. The molecule has 0 radical (unpaired) electrons. The predicted octanol–water partition coefficient (Wildman–Crippen LogP) is 0.769. The summed E-state index contributed by atoms with van der Waals surface area (Å²) < 4.78 is 26.4. The molecule has 0 saturated carbocycles. The zero-order valence-corrected chi connectivity index (χ0v) is 12.8.